The summed E-state index contributed by atoms with van der Waals surface area (Å²) in [5.41, 5.74) is 1.10. The van der Waals surface area contributed by atoms with Crippen LogP contribution in [0.3, 0.4) is 0 Å². The van der Waals surface area contributed by atoms with E-state index in [0.717, 1.165) is 5.56 Å². The molecule has 0 N–H and O–H groups in total. The van der Waals surface area contributed by atoms with E-state index in [1.54, 1.807) is 0 Å². The molecule has 2 nitrogen and oxygen atoms in total. The van der Waals surface area contributed by atoms with Gasteiger partial charge in [0, 0.05) is 5.56 Å². The third-order valence-electron chi connectivity index (χ3n) is 1.69. The van der Waals surface area contributed by atoms with E-state index in [2.05, 4.69) is 0 Å². The Labute approximate surface area is 91.0 Å². The van der Waals surface area contributed by atoms with Crippen molar-refractivity contribution in [2.45, 2.75) is 6.29 Å². The van der Waals surface area contributed by atoms with Crippen molar-refractivity contribution in [1.82, 2.24) is 0 Å². The first-order valence-electron chi connectivity index (χ1n) is 3.75. The van der Waals surface area contributed by atoms with Crippen LogP contribution >= 0.6 is 0 Å². The molecule has 2 rings (SSSR count). The van der Waals surface area contributed by atoms with Crippen molar-refractivity contribution in [1.29, 1.82) is 0 Å². The van der Waals surface area contributed by atoms with E-state index in [0.29, 0.717) is 13.2 Å². The summed E-state index contributed by atoms with van der Waals surface area (Å²) in [6, 6.07) is 9.98. The fraction of sp³-hybridized carbons (Fsp3) is 0.333. The Morgan fingerprint density at radius 2 is 1.67 bits per heavy atom. The van der Waals surface area contributed by atoms with E-state index in [9.17, 15) is 0 Å². The maximum atomic E-state index is 5.32. The molecular formula is C9H12MgO2. The average Bonchev–Trinajstić information content (AvgIpc) is 2.58. The molecule has 1 aliphatic heterocycles. The van der Waals surface area contributed by atoms with Gasteiger partial charge in [0.05, 0.1) is 13.2 Å². The molecule has 0 saturated carbocycles. The van der Waals surface area contributed by atoms with E-state index < -0.39 is 0 Å². The second-order valence-corrected chi connectivity index (χ2v) is 2.48. The zero-order chi connectivity index (χ0) is 7.52. The van der Waals surface area contributed by atoms with Gasteiger partial charge < -0.3 is 12.3 Å². The van der Waals surface area contributed by atoms with Gasteiger partial charge in [0.15, 0.2) is 6.29 Å². The van der Waals surface area contributed by atoms with Crippen molar-refractivity contribution in [2.24, 2.45) is 0 Å². The molecule has 0 atom stereocenters. The Hall–Kier alpha value is -0.0938. The molecule has 0 bridgehead atoms. The Morgan fingerprint density at radius 3 is 2.25 bits per heavy atom. The maximum absolute atomic E-state index is 5.32. The van der Waals surface area contributed by atoms with Crippen molar-refractivity contribution < 1.29 is 12.3 Å². The Kier molecular flexibility index (Phi) is 4.01. The van der Waals surface area contributed by atoms with Crippen LogP contribution in [-0.4, -0.2) is 36.3 Å². The normalized spacial score (nSPS) is 17.3. The molecule has 1 saturated heterocycles. The van der Waals surface area contributed by atoms with E-state index in [1.165, 1.54) is 0 Å². The van der Waals surface area contributed by atoms with Crippen LogP contribution < -0.4 is 0 Å². The number of rotatable bonds is 1. The predicted molar refractivity (Wildman–Crippen MR) is 49.1 cm³/mol. The van der Waals surface area contributed by atoms with Gasteiger partial charge in [0.25, 0.3) is 0 Å². The van der Waals surface area contributed by atoms with Crippen LogP contribution in [0.4, 0.5) is 0 Å². The molecule has 1 aliphatic rings. The molecular weight excluding hydrogens is 164 g/mol. The first-order chi connectivity index (χ1) is 5.47. The maximum Gasteiger partial charge on any atom is 2.00 e. The van der Waals surface area contributed by atoms with Crippen molar-refractivity contribution >= 4 is 23.1 Å². The second kappa shape index (κ2) is 4.82. The Bertz CT molecular complexity index is 228. The molecule has 12 heavy (non-hydrogen) atoms. The van der Waals surface area contributed by atoms with Crippen LogP contribution in [0.1, 0.15) is 14.7 Å². The van der Waals surface area contributed by atoms with Gasteiger partial charge in [0.1, 0.15) is 0 Å². The largest absolute Gasteiger partial charge is 2.00 e. The van der Waals surface area contributed by atoms with Crippen LogP contribution in [0.15, 0.2) is 30.3 Å². The first kappa shape index (κ1) is 9.99. The summed E-state index contributed by atoms with van der Waals surface area (Å²) in [6.07, 6.45) is -0.129. The van der Waals surface area contributed by atoms with Gasteiger partial charge in [-0.05, 0) is 0 Å². The topological polar surface area (TPSA) is 18.5 Å². The molecule has 0 radical (unpaired) electrons. The molecule has 62 valence electrons. The third-order valence-corrected chi connectivity index (χ3v) is 1.69. The molecule has 0 aliphatic carbocycles. The second-order valence-electron chi connectivity index (χ2n) is 2.48. The van der Waals surface area contributed by atoms with Crippen molar-refractivity contribution in [2.75, 3.05) is 13.2 Å². The summed E-state index contributed by atoms with van der Waals surface area (Å²) in [6.45, 7) is 1.42. The SMILES string of the molecule is [H-].[H-].[Mg+2].c1ccc(C2OCCO2)cc1. The molecule has 1 heterocycles. The zero-order valence-corrected chi connectivity index (χ0v) is 8.32. The van der Waals surface area contributed by atoms with Gasteiger partial charge in [-0.3, -0.25) is 0 Å². The number of ether oxygens (including phenoxy) is 2. The van der Waals surface area contributed by atoms with Gasteiger partial charge in [-0.2, -0.15) is 0 Å². The van der Waals surface area contributed by atoms with Crippen molar-refractivity contribution in [3.05, 3.63) is 35.9 Å². The quantitative estimate of drug-likeness (QED) is 0.605. The summed E-state index contributed by atoms with van der Waals surface area (Å²) < 4.78 is 10.6. The fourth-order valence-electron chi connectivity index (χ4n) is 1.16. The summed E-state index contributed by atoms with van der Waals surface area (Å²) >= 11 is 0. The van der Waals surface area contributed by atoms with Gasteiger partial charge in [0.2, 0.25) is 0 Å². The Balaban J connectivity index is 0. The minimum absolute atomic E-state index is 0. The number of hydrogen-bond donors (Lipinski definition) is 0. The van der Waals surface area contributed by atoms with E-state index in [-0.39, 0.29) is 32.2 Å². The molecule has 1 aromatic rings. The van der Waals surface area contributed by atoms with Gasteiger partial charge in [-0.1, -0.05) is 30.3 Å². The van der Waals surface area contributed by atoms with Gasteiger partial charge in [-0.25, -0.2) is 0 Å². The first-order valence-corrected chi connectivity index (χ1v) is 3.75. The monoisotopic (exact) mass is 176 g/mol. The van der Waals surface area contributed by atoms with Crippen LogP contribution in [0, 0.1) is 0 Å². The van der Waals surface area contributed by atoms with Crippen molar-refractivity contribution in [3.8, 4) is 0 Å². The zero-order valence-electron chi connectivity index (χ0n) is 8.90. The molecule has 0 spiro atoms. The number of benzene rings is 1. The van der Waals surface area contributed by atoms with Crippen LogP contribution in [0.5, 0.6) is 0 Å². The van der Waals surface area contributed by atoms with E-state index in [1.807, 2.05) is 30.3 Å². The smallest absolute Gasteiger partial charge is 1.00 e. The molecule has 1 aromatic carbocycles. The van der Waals surface area contributed by atoms with Crippen LogP contribution in [0.2, 0.25) is 0 Å². The number of hydrogen-bond acceptors (Lipinski definition) is 2. The summed E-state index contributed by atoms with van der Waals surface area (Å²) in [5.74, 6) is 0. The minimum Gasteiger partial charge on any atom is -1.00 e. The fourth-order valence-corrected chi connectivity index (χ4v) is 1.16. The minimum atomic E-state index is -0.129. The third kappa shape index (κ3) is 2.20. The summed E-state index contributed by atoms with van der Waals surface area (Å²) in [7, 11) is 0. The van der Waals surface area contributed by atoms with Gasteiger partial charge >= 0.3 is 23.1 Å². The Morgan fingerprint density at radius 1 is 1.08 bits per heavy atom. The van der Waals surface area contributed by atoms with E-state index >= 15 is 0 Å². The molecule has 0 unspecified atom stereocenters. The van der Waals surface area contributed by atoms with Gasteiger partial charge in [-0.15, -0.1) is 0 Å². The standard InChI is InChI=1S/C9H10O2.Mg.2H/c1-2-4-8(5-3-1)9-10-6-7-11-9;;;/h1-5,9H,6-7H2;;;/q;+2;2*-1. The molecule has 1 fully saturated rings. The molecule has 0 amide bonds. The van der Waals surface area contributed by atoms with Crippen LogP contribution in [0.25, 0.3) is 0 Å². The summed E-state index contributed by atoms with van der Waals surface area (Å²) in [5, 5.41) is 0. The predicted octanol–water partition coefficient (Wildman–Crippen LogP) is 1.58. The molecule has 3 heteroatoms. The van der Waals surface area contributed by atoms with E-state index in [4.69, 9.17) is 9.47 Å². The molecule has 0 aromatic heterocycles. The average molecular weight is 176 g/mol. The van der Waals surface area contributed by atoms with Crippen molar-refractivity contribution in [3.63, 3.8) is 0 Å². The van der Waals surface area contributed by atoms with Crippen LogP contribution in [-0.2, 0) is 9.47 Å². The summed E-state index contributed by atoms with van der Waals surface area (Å²) in [4.78, 5) is 0.